The molecule has 1 rings (SSSR count). The van der Waals surface area contributed by atoms with Crippen molar-refractivity contribution in [3.8, 4) is 6.07 Å². The van der Waals surface area contributed by atoms with Crippen molar-refractivity contribution >= 4 is 22.6 Å². The molecule has 0 saturated heterocycles. The van der Waals surface area contributed by atoms with Crippen LogP contribution in [0.1, 0.15) is 11.1 Å². The monoisotopic (exact) mass is 277 g/mol. The lowest BCUT2D eigenvalue weighted by atomic mass is 10.1. The number of aliphatic hydroxyl groups excluding tert-OH is 1. The van der Waals surface area contributed by atoms with E-state index in [1.54, 1.807) is 0 Å². The van der Waals surface area contributed by atoms with Gasteiger partial charge in [-0.1, -0.05) is 0 Å². The second-order valence-corrected chi connectivity index (χ2v) is 3.32. The first-order chi connectivity index (χ1) is 5.70. The highest BCUT2D eigenvalue weighted by atomic mass is 127. The molecule has 4 heteroatoms. The van der Waals surface area contributed by atoms with Crippen LogP contribution in [0.4, 0.5) is 4.39 Å². The van der Waals surface area contributed by atoms with Crippen LogP contribution in [0.25, 0.3) is 0 Å². The van der Waals surface area contributed by atoms with Gasteiger partial charge in [0.15, 0.2) is 0 Å². The summed E-state index contributed by atoms with van der Waals surface area (Å²) in [5.41, 5.74) is 0.264. The number of nitrogens with zero attached hydrogens (tertiary/aromatic N) is 1. The summed E-state index contributed by atoms with van der Waals surface area (Å²) >= 11 is 1.81. The molecule has 2 nitrogen and oxygen atoms in total. The molecule has 0 aliphatic rings. The third-order valence-corrected chi connectivity index (χ3v) is 2.31. The number of halogens is 2. The third-order valence-electron chi connectivity index (χ3n) is 1.47. The van der Waals surface area contributed by atoms with E-state index >= 15 is 0 Å². The molecule has 0 aliphatic carbocycles. The molecule has 1 aromatic carbocycles. The Morgan fingerprint density at radius 1 is 1.58 bits per heavy atom. The van der Waals surface area contributed by atoms with E-state index in [4.69, 9.17) is 10.4 Å². The van der Waals surface area contributed by atoms with Crippen LogP contribution in [-0.4, -0.2) is 5.11 Å². The largest absolute Gasteiger partial charge is 0.392 e. The number of rotatable bonds is 1. The Morgan fingerprint density at radius 3 is 2.75 bits per heavy atom. The summed E-state index contributed by atoms with van der Waals surface area (Å²) in [5.74, 6) is -0.503. The Hall–Kier alpha value is -0.670. The predicted octanol–water partition coefficient (Wildman–Crippen LogP) is 1.79. The van der Waals surface area contributed by atoms with Crippen molar-refractivity contribution in [3.63, 3.8) is 0 Å². The van der Waals surface area contributed by atoms with E-state index in [1.165, 1.54) is 12.1 Å². The average Bonchev–Trinajstić information content (AvgIpc) is 2.09. The molecule has 0 unspecified atom stereocenters. The zero-order chi connectivity index (χ0) is 9.14. The van der Waals surface area contributed by atoms with Gasteiger partial charge in [-0.05, 0) is 34.7 Å². The van der Waals surface area contributed by atoms with Crippen LogP contribution in [0.5, 0.6) is 0 Å². The molecule has 0 fully saturated rings. The minimum atomic E-state index is -0.503. The van der Waals surface area contributed by atoms with Crippen molar-refractivity contribution < 1.29 is 9.50 Å². The smallest absolute Gasteiger partial charge is 0.143 e. The molecule has 12 heavy (non-hydrogen) atoms. The lowest BCUT2D eigenvalue weighted by Crippen LogP contribution is -1.97. The number of hydrogen-bond acceptors (Lipinski definition) is 2. The number of nitriles is 1. The van der Waals surface area contributed by atoms with Crippen LogP contribution in [0.2, 0.25) is 0 Å². The lowest BCUT2D eigenvalue weighted by molar-refractivity contribution is 0.275. The highest BCUT2D eigenvalue weighted by molar-refractivity contribution is 14.1. The van der Waals surface area contributed by atoms with E-state index in [-0.39, 0.29) is 11.1 Å². The van der Waals surface area contributed by atoms with Crippen LogP contribution in [0.3, 0.4) is 0 Å². The van der Waals surface area contributed by atoms with Gasteiger partial charge in [-0.2, -0.15) is 5.26 Å². The zero-order valence-electron chi connectivity index (χ0n) is 6.01. The fourth-order valence-electron chi connectivity index (χ4n) is 0.852. The summed E-state index contributed by atoms with van der Waals surface area (Å²) in [5, 5.41) is 17.3. The van der Waals surface area contributed by atoms with Crippen molar-refractivity contribution in [2.45, 2.75) is 6.61 Å². The standard InChI is InChI=1S/C8H5FINO/c9-8-6(4-12)5(3-11)1-2-7(8)10/h1-2,12H,4H2. The van der Waals surface area contributed by atoms with E-state index in [0.717, 1.165) is 0 Å². The van der Waals surface area contributed by atoms with Crippen molar-refractivity contribution in [2.24, 2.45) is 0 Å². The molecular weight excluding hydrogens is 272 g/mol. The van der Waals surface area contributed by atoms with Crippen molar-refractivity contribution in [1.29, 1.82) is 5.26 Å². The summed E-state index contributed by atoms with van der Waals surface area (Å²) in [6, 6.07) is 4.82. The summed E-state index contributed by atoms with van der Waals surface area (Å²) < 4.78 is 13.5. The van der Waals surface area contributed by atoms with Gasteiger partial charge < -0.3 is 5.11 Å². The predicted molar refractivity (Wildman–Crippen MR) is 49.8 cm³/mol. The van der Waals surface area contributed by atoms with Crippen LogP contribution in [0.15, 0.2) is 12.1 Å². The quantitative estimate of drug-likeness (QED) is 0.795. The molecule has 0 atom stereocenters. The molecule has 0 heterocycles. The minimum Gasteiger partial charge on any atom is -0.392 e. The van der Waals surface area contributed by atoms with Gasteiger partial charge in [0.2, 0.25) is 0 Å². The van der Waals surface area contributed by atoms with Gasteiger partial charge in [0.25, 0.3) is 0 Å². The SMILES string of the molecule is N#Cc1ccc(I)c(F)c1CO. The second-order valence-electron chi connectivity index (χ2n) is 2.16. The van der Waals surface area contributed by atoms with E-state index in [2.05, 4.69) is 0 Å². The fourth-order valence-corrected chi connectivity index (χ4v) is 1.36. The Morgan fingerprint density at radius 2 is 2.25 bits per heavy atom. The van der Waals surface area contributed by atoms with Gasteiger partial charge in [0.05, 0.1) is 18.2 Å². The average molecular weight is 277 g/mol. The highest BCUT2D eigenvalue weighted by Gasteiger charge is 2.09. The molecule has 1 N–H and O–H groups in total. The van der Waals surface area contributed by atoms with Gasteiger partial charge in [-0.15, -0.1) is 0 Å². The molecule has 0 saturated carbocycles. The Balaban J connectivity index is 3.38. The van der Waals surface area contributed by atoms with E-state index in [0.29, 0.717) is 3.57 Å². The first-order valence-corrected chi connectivity index (χ1v) is 4.26. The number of aliphatic hydroxyl groups is 1. The third kappa shape index (κ3) is 1.57. The number of hydrogen-bond donors (Lipinski definition) is 1. The van der Waals surface area contributed by atoms with Gasteiger partial charge in [-0.3, -0.25) is 0 Å². The second kappa shape index (κ2) is 3.83. The molecule has 0 bridgehead atoms. The molecule has 0 radical (unpaired) electrons. The van der Waals surface area contributed by atoms with Crippen LogP contribution in [-0.2, 0) is 6.61 Å². The first kappa shape index (κ1) is 9.42. The van der Waals surface area contributed by atoms with E-state index in [9.17, 15) is 4.39 Å². The molecular formula is C8H5FINO. The van der Waals surface area contributed by atoms with E-state index in [1.807, 2.05) is 28.7 Å². The summed E-state index contributed by atoms with van der Waals surface area (Å²) in [6.45, 7) is -0.439. The van der Waals surface area contributed by atoms with Gasteiger partial charge in [0, 0.05) is 9.13 Å². The van der Waals surface area contributed by atoms with Crippen LogP contribution < -0.4 is 0 Å². The summed E-state index contributed by atoms with van der Waals surface area (Å²) in [4.78, 5) is 0. The number of benzene rings is 1. The van der Waals surface area contributed by atoms with Gasteiger partial charge in [0.1, 0.15) is 5.82 Å². The molecule has 62 valence electrons. The van der Waals surface area contributed by atoms with Crippen LogP contribution in [0, 0.1) is 20.7 Å². The van der Waals surface area contributed by atoms with Crippen molar-refractivity contribution in [3.05, 3.63) is 32.6 Å². The molecule has 0 amide bonds. The van der Waals surface area contributed by atoms with Gasteiger partial charge >= 0.3 is 0 Å². The molecule has 0 aliphatic heterocycles. The van der Waals surface area contributed by atoms with Crippen molar-refractivity contribution in [2.75, 3.05) is 0 Å². The maximum atomic E-state index is 13.1. The summed E-state index contributed by atoms with van der Waals surface area (Å²) in [7, 11) is 0. The first-order valence-electron chi connectivity index (χ1n) is 3.18. The van der Waals surface area contributed by atoms with Crippen molar-refractivity contribution in [1.82, 2.24) is 0 Å². The van der Waals surface area contributed by atoms with Gasteiger partial charge in [-0.25, -0.2) is 4.39 Å². The molecule has 0 aromatic heterocycles. The normalized spacial score (nSPS) is 9.50. The van der Waals surface area contributed by atoms with E-state index < -0.39 is 12.4 Å². The van der Waals surface area contributed by atoms with Crippen LogP contribution >= 0.6 is 22.6 Å². The highest BCUT2D eigenvalue weighted by Crippen LogP contribution is 2.18. The maximum Gasteiger partial charge on any atom is 0.143 e. The molecule has 1 aromatic rings. The minimum absolute atomic E-state index is 0.0735. The molecule has 0 spiro atoms. The maximum absolute atomic E-state index is 13.1. The zero-order valence-corrected chi connectivity index (χ0v) is 8.17. The topological polar surface area (TPSA) is 44.0 Å². The lowest BCUT2D eigenvalue weighted by Gasteiger charge is -2.02. The Kier molecular flexibility index (Phi) is 3.00. The fraction of sp³-hybridized carbons (Fsp3) is 0.125. The Bertz CT molecular complexity index is 346. The Labute approximate surface area is 82.8 Å². The summed E-state index contributed by atoms with van der Waals surface area (Å²) in [6.07, 6.45) is 0.